The lowest BCUT2D eigenvalue weighted by Gasteiger charge is -2.07. The Hall–Kier alpha value is -2.99. The zero-order chi connectivity index (χ0) is 20.6. The Morgan fingerprint density at radius 2 is 2.07 bits per heavy atom. The first-order chi connectivity index (χ1) is 14.1. The van der Waals surface area contributed by atoms with E-state index in [1.54, 1.807) is 6.21 Å². The molecule has 0 aliphatic heterocycles. The van der Waals surface area contributed by atoms with E-state index in [0.717, 1.165) is 41.6 Å². The van der Waals surface area contributed by atoms with E-state index in [9.17, 15) is 4.79 Å². The number of unbranched alkanes of at least 4 members (excludes halogenated alkanes) is 1. The van der Waals surface area contributed by atoms with Crippen LogP contribution in [0.5, 0.6) is 5.75 Å². The van der Waals surface area contributed by atoms with E-state index >= 15 is 0 Å². The van der Waals surface area contributed by atoms with Gasteiger partial charge < -0.3 is 19.1 Å². The van der Waals surface area contributed by atoms with Crippen LogP contribution in [-0.4, -0.2) is 30.5 Å². The number of oxime groups is 1. The van der Waals surface area contributed by atoms with Crippen LogP contribution in [0.15, 0.2) is 52.0 Å². The number of hydrogen-bond donors (Lipinski definition) is 1. The van der Waals surface area contributed by atoms with Crippen molar-refractivity contribution in [3.05, 3.63) is 64.4 Å². The molecule has 1 aromatic heterocycles. The van der Waals surface area contributed by atoms with Gasteiger partial charge in [-0.15, -0.1) is 0 Å². The number of carboxylic acid groups (broad SMARTS) is 1. The number of hydrogen-bond acceptors (Lipinski definition) is 5. The van der Waals surface area contributed by atoms with Gasteiger partial charge in [-0.2, -0.15) is 0 Å². The highest BCUT2D eigenvalue weighted by atomic mass is 35.5. The van der Waals surface area contributed by atoms with Gasteiger partial charge in [0.05, 0.1) is 16.8 Å². The number of benzene rings is 2. The van der Waals surface area contributed by atoms with Crippen molar-refractivity contribution in [3.8, 4) is 5.75 Å². The van der Waals surface area contributed by atoms with Gasteiger partial charge in [-0.25, -0.2) is 4.79 Å². The Balaban J connectivity index is 1.56. The summed E-state index contributed by atoms with van der Waals surface area (Å²) < 4.78 is 11.5. The maximum atomic E-state index is 10.9. The molecule has 1 heterocycles. The predicted octanol–water partition coefficient (Wildman–Crippen LogP) is 5.56. The van der Waals surface area contributed by atoms with E-state index < -0.39 is 5.97 Å². The minimum absolute atomic E-state index is 0.106. The van der Waals surface area contributed by atoms with Crippen LogP contribution >= 0.6 is 11.6 Å². The van der Waals surface area contributed by atoms with Crippen molar-refractivity contribution in [2.45, 2.75) is 26.2 Å². The standard InChI is InChI=1S/C22H22ClNO5/c1-2-3-7-20-17(16-6-4-5-8-19(16)29-20)14-24-28-12-11-27-21-10-9-15(22(25)26)13-18(21)23/h4-6,8-10,13-14H,2-3,7,11-12H2,1H3,(H,25,26)/b24-14+. The van der Waals surface area contributed by atoms with Gasteiger partial charge in [-0.1, -0.05) is 48.3 Å². The number of nitrogens with zero attached hydrogens (tertiary/aromatic N) is 1. The van der Waals surface area contributed by atoms with Gasteiger partial charge in [0.1, 0.15) is 23.7 Å². The summed E-state index contributed by atoms with van der Waals surface area (Å²) in [5, 5.41) is 14.2. The molecule has 0 fully saturated rings. The first kappa shape index (κ1) is 20.7. The summed E-state index contributed by atoms with van der Waals surface area (Å²) in [6.07, 6.45) is 4.64. The van der Waals surface area contributed by atoms with Crippen molar-refractivity contribution in [2.75, 3.05) is 13.2 Å². The summed E-state index contributed by atoms with van der Waals surface area (Å²) in [5.74, 6) is 0.259. The molecule has 7 heteroatoms. The van der Waals surface area contributed by atoms with Crippen LogP contribution < -0.4 is 4.74 Å². The summed E-state index contributed by atoms with van der Waals surface area (Å²) >= 11 is 6.03. The van der Waals surface area contributed by atoms with E-state index in [1.165, 1.54) is 18.2 Å². The molecule has 1 N–H and O–H groups in total. The fraction of sp³-hybridized carbons (Fsp3) is 0.273. The van der Waals surface area contributed by atoms with Gasteiger partial charge in [0.15, 0.2) is 6.61 Å². The third-order valence-electron chi connectivity index (χ3n) is 4.34. The molecule has 6 nitrogen and oxygen atoms in total. The average molecular weight is 416 g/mol. The van der Waals surface area contributed by atoms with Crippen molar-refractivity contribution >= 4 is 34.8 Å². The normalized spacial score (nSPS) is 11.2. The fourth-order valence-electron chi connectivity index (χ4n) is 2.86. The van der Waals surface area contributed by atoms with E-state index in [2.05, 4.69) is 12.1 Å². The van der Waals surface area contributed by atoms with Gasteiger partial charge in [0, 0.05) is 17.4 Å². The molecule has 0 bridgehead atoms. The van der Waals surface area contributed by atoms with E-state index in [1.807, 2.05) is 24.3 Å². The average Bonchev–Trinajstić information content (AvgIpc) is 3.07. The smallest absolute Gasteiger partial charge is 0.335 e. The molecule has 0 unspecified atom stereocenters. The molecule has 0 spiro atoms. The van der Waals surface area contributed by atoms with Gasteiger partial charge in [0.25, 0.3) is 0 Å². The second kappa shape index (κ2) is 9.98. The first-order valence-electron chi connectivity index (χ1n) is 9.41. The maximum absolute atomic E-state index is 10.9. The highest BCUT2D eigenvalue weighted by Gasteiger charge is 2.12. The van der Waals surface area contributed by atoms with Gasteiger partial charge >= 0.3 is 5.97 Å². The number of fused-ring (bicyclic) bond motifs is 1. The van der Waals surface area contributed by atoms with Crippen molar-refractivity contribution in [2.24, 2.45) is 5.16 Å². The highest BCUT2D eigenvalue weighted by molar-refractivity contribution is 6.32. The molecule has 3 aromatic rings. The highest BCUT2D eigenvalue weighted by Crippen LogP contribution is 2.26. The molecule has 3 rings (SSSR count). The molecule has 0 aliphatic rings. The monoisotopic (exact) mass is 415 g/mol. The SMILES string of the molecule is CCCCc1oc2ccccc2c1/C=N/OCCOc1ccc(C(=O)O)cc1Cl. The van der Waals surface area contributed by atoms with Crippen LogP contribution in [0.25, 0.3) is 11.0 Å². The van der Waals surface area contributed by atoms with Crippen molar-refractivity contribution in [1.29, 1.82) is 0 Å². The zero-order valence-electron chi connectivity index (χ0n) is 16.1. The van der Waals surface area contributed by atoms with Gasteiger partial charge in [-0.05, 0) is 30.7 Å². The molecule has 0 saturated carbocycles. The number of carbonyl (C=O) groups is 1. The minimum atomic E-state index is -1.04. The van der Waals surface area contributed by atoms with Gasteiger partial charge in [0.2, 0.25) is 0 Å². The van der Waals surface area contributed by atoms with Crippen LogP contribution in [0.1, 0.15) is 41.4 Å². The molecule has 152 valence electrons. The molecule has 0 aliphatic carbocycles. The first-order valence-corrected chi connectivity index (χ1v) is 9.79. The topological polar surface area (TPSA) is 81.3 Å². The summed E-state index contributed by atoms with van der Waals surface area (Å²) in [6.45, 7) is 2.58. The number of aryl methyl sites for hydroxylation is 1. The number of ether oxygens (including phenoxy) is 1. The number of furan rings is 1. The third-order valence-corrected chi connectivity index (χ3v) is 4.63. The van der Waals surface area contributed by atoms with Crippen LogP contribution in [0.4, 0.5) is 0 Å². The molecule has 0 amide bonds. The Morgan fingerprint density at radius 1 is 1.24 bits per heavy atom. The Bertz CT molecular complexity index is 1010. The number of carboxylic acids is 1. The largest absolute Gasteiger partial charge is 0.488 e. The number of rotatable bonds is 10. The Labute approximate surface area is 173 Å². The third kappa shape index (κ3) is 5.29. The molecule has 0 radical (unpaired) electrons. The Morgan fingerprint density at radius 3 is 2.83 bits per heavy atom. The molecular formula is C22H22ClNO5. The summed E-state index contributed by atoms with van der Waals surface area (Å²) in [6, 6.07) is 12.2. The molecular weight excluding hydrogens is 394 g/mol. The molecule has 0 saturated heterocycles. The van der Waals surface area contributed by atoms with Crippen LogP contribution in [-0.2, 0) is 11.3 Å². The van der Waals surface area contributed by atoms with E-state index in [4.69, 9.17) is 30.7 Å². The second-order valence-electron chi connectivity index (χ2n) is 6.41. The summed E-state index contributed by atoms with van der Waals surface area (Å²) in [5.41, 5.74) is 1.87. The van der Waals surface area contributed by atoms with E-state index in [0.29, 0.717) is 5.75 Å². The number of para-hydroxylation sites is 1. The lowest BCUT2D eigenvalue weighted by Crippen LogP contribution is -2.05. The fourth-order valence-corrected chi connectivity index (χ4v) is 3.10. The van der Waals surface area contributed by atoms with Crippen LogP contribution in [0.2, 0.25) is 5.02 Å². The van der Waals surface area contributed by atoms with E-state index in [-0.39, 0.29) is 23.8 Å². The lowest BCUT2D eigenvalue weighted by atomic mass is 10.1. The predicted molar refractivity (Wildman–Crippen MR) is 112 cm³/mol. The van der Waals surface area contributed by atoms with Crippen LogP contribution in [0.3, 0.4) is 0 Å². The quantitative estimate of drug-likeness (QED) is 0.266. The molecule has 29 heavy (non-hydrogen) atoms. The number of aromatic carboxylic acids is 1. The second-order valence-corrected chi connectivity index (χ2v) is 6.81. The Kier molecular flexibility index (Phi) is 7.14. The van der Waals surface area contributed by atoms with Crippen molar-refractivity contribution in [1.82, 2.24) is 0 Å². The zero-order valence-corrected chi connectivity index (χ0v) is 16.8. The number of halogens is 1. The molecule has 2 aromatic carbocycles. The summed E-state index contributed by atoms with van der Waals surface area (Å²) in [7, 11) is 0. The maximum Gasteiger partial charge on any atom is 0.335 e. The summed E-state index contributed by atoms with van der Waals surface area (Å²) in [4.78, 5) is 16.2. The minimum Gasteiger partial charge on any atom is -0.488 e. The van der Waals surface area contributed by atoms with Gasteiger partial charge in [-0.3, -0.25) is 0 Å². The van der Waals surface area contributed by atoms with Crippen LogP contribution in [0, 0.1) is 0 Å². The molecule has 0 atom stereocenters. The van der Waals surface area contributed by atoms with Crippen molar-refractivity contribution in [3.63, 3.8) is 0 Å². The lowest BCUT2D eigenvalue weighted by molar-refractivity contribution is 0.0696. The van der Waals surface area contributed by atoms with Crippen molar-refractivity contribution < 1.29 is 23.9 Å².